The average Bonchev–Trinajstić information content (AvgIpc) is 3.24. The largest absolute Gasteiger partial charge is 0.387 e. The number of aromatic nitrogens is 1. The van der Waals surface area contributed by atoms with Gasteiger partial charge in [-0.15, -0.1) is 22.7 Å². The molecule has 0 aromatic carbocycles. The molecular weight excluding hydrogens is 409 g/mol. The van der Waals surface area contributed by atoms with Crippen LogP contribution >= 0.6 is 45.9 Å². The van der Waals surface area contributed by atoms with Gasteiger partial charge in [-0.2, -0.15) is 0 Å². The monoisotopic (exact) mass is 425 g/mol. The Morgan fingerprint density at radius 3 is 3.00 bits per heavy atom. The number of fused-ring (bicyclic) bond motifs is 1. The number of aliphatic hydroxyl groups excluding tert-OH is 1. The number of rotatable bonds is 4. The zero-order valence-corrected chi connectivity index (χ0v) is 16.8. The fourth-order valence-corrected chi connectivity index (χ4v) is 5.74. The molecule has 0 saturated heterocycles. The van der Waals surface area contributed by atoms with Gasteiger partial charge in [-0.3, -0.25) is 0 Å². The second kappa shape index (κ2) is 7.46. The smallest absolute Gasteiger partial charge is 0.131 e. The molecular formula is C18H17Cl2N3OS2. The molecule has 3 aromatic rings. The SMILES string of the molecule is NC1C(O)C=CCC1c1sc2c(NCc3cccs3)cc(Cl)nc2c1Cl. The van der Waals surface area contributed by atoms with E-state index < -0.39 is 6.10 Å². The van der Waals surface area contributed by atoms with E-state index in [1.807, 2.05) is 18.2 Å². The highest BCUT2D eigenvalue weighted by molar-refractivity contribution is 7.20. The summed E-state index contributed by atoms with van der Waals surface area (Å²) in [7, 11) is 0. The van der Waals surface area contributed by atoms with Gasteiger partial charge in [-0.25, -0.2) is 4.98 Å². The van der Waals surface area contributed by atoms with E-state index >= 15 is 0 Å². The fourth-order valence-electron chi connectivity index (χ4n) is 3.16. The van der Waals surface area contributed by atoms with E-state index in [4.69, 9.17) is 28.9 Å². The van der Waals surface area contributed by atoms with Gasteiger partial charge >= 0.3 is 0 Å². The quantitative estimate of drug-likeness (QED) is 0.405. The predicted octanol–water partition coefficient (Wildman–Crippen LogP) is 5.01. The highest BCUT2D eigenvalue weighted by Crippen LogP contribution is 2.45. The van der Waals surface area contributed by atoms with Crippen molar-refractivity contribution in [3.63, 3.8) is 0 Å². The van der Waals surface area contributed by atoms with E-state index in [1.54, 1.807) is 28.7 Å². The van der Waals surface area contributed by atoms with Crippen LogP contribution < -0.4 is 11.1 Å². The van der Waals surface area contributed by atoms with E-state index in [-0.39, 0.29) is 12.0 Å². The molecule has 4 nitrogen and oxygen atoms in total. The van der Waals surface area contributed by atoms with Gasteiger partial charge in [0.2, 0.25) is 0 Å². The van der Waals surface area contributed by atoms with E-state index in [9.17, 15) is 5.11 Å². The summed E-state index contributed by atoms with van der Waals surface area (Å²) in [4.78, 5) is 6.61. The summed E-state index contributed by atoms with van der Waals surface area (Å²) >= 11 is 16.1. The Morgan fingerprint density at radius 2 is 2.23 bits per heavy atom. The zero-order valence-electron chi connectivity index (χ0n) is 13.7. The van der Waals surface area contributed by atoms with Crippen LogP contribution in [0.25, 0.3) is 10.2 Å². The fraction of sp³-hybridized carbons (Fsp3) is 0.278. The van der Waals surface area contributed by atoms with Gasteiger partial charge in [0, 0.05) is 34.3 Å². The summed E-state index contributed by atoms with van der Waals surface area (Å²) < 4.78 is 0.960. The zero-order chi connectivity index (χ0) is 18.3. The van der Waals surface area contributed by atoms with Crippen molar-refractivity contribution in [2.75, 3.05) is 5.32 Å². The molecule has 0 aliphatic heterocycles. The summed E-state index contributed by atoms with van der Waals surface area (Å²) in [5.41, 5.74) is 7.82. The number of halogens is 2. The molecule has 4 rings (SSSR count). The van der Waals surface area contributed by atoms with Crippen LogP contribution in [0.2, 0.25) is 10.2 Å². The number of hydrogen-bond acceptors (Lipinski definition) is 6. The van der Waals surface area contributed by atoms with Crippen molar-refractivity contribution in [3.05, 3.63) is 55.7 Å². The minimum atomic E-state index is -0.664. The summed E-state index contributed by atoms with van der Waals surface area (Å²) in [6.07, 6.45) is 3.78. The lowest BCUT2D eigenvalue weighted by atomic mass is 9.86. The summed E-state index contributed by atoms with van der Waals surface area (Å²) in [5.74, 6) is -0.0365. The Bertz CT molecular complexity index is 955. The van der Waals surface area contributed by atoms with Gasteiger partial charge in [-0.05, 0) is 17.9 Å². The molecule has 0 fully saturated rings. The van der Waals surface area contributed by atoms with E-state index in [1.165, 1.54) is 4.88 Å². The third-order valence-electron chi connectivity index (χ3n) is 4.53. The molecule has 136 valence electrons. The van der Waals surface area contributed by atoms with Crippen molar-refractivity contribution in [1.82, 2.24) is 4.98 Å². The number of aliphatic hydroxyl groups is 1. The van der Waals surface area contributed by atoms with Crippen molar-refractivity contribution in [2.24, 2.45) is 5.73 Å². The van der Waals surface area contributed by atoms with Crippen LogP contribution in [0.4, 0.5) is 5.69 Å². The highest BCUT2D eigenvalue weighted by atomic mass is 35.5. The maximum absolute atomic E-state index is 10.1. The summed E-state index contributed by atoms with van der Waals surface area (Å²) in [6.45, 7) is 0.711. The predicted molar refractivity (Wildman–Crippen MR) is 112 cm³/mol. The van der Waals surface area contributed by atoms with Gasteiger partial charge in [0.1, 0.15) is 10.7 Å². The molecule has 26 heavy (non-hydrogen) atoms. The molecule has 3 unspecified atom stereocenters. The molecule has 3 aromatic heterocycles. The Kier molecular flexibility index (Phi) is 5.23. The molecule has 1 aliphatic rings. The van der Waals surface area contributed by atoms with Gasteiger partial charge in [0.15, 0.2) is 0 Å². The molecule has 1 aliphatic carbocycles. The molecule has 8 heteroatoms. The normalized spacial score (nSPS) is 22.8. The van der Waals surface area contributed by atoms with Crippen molar-refractivity contribution in [2.45, 2.75) is 31.0 Å². The number of anilines is 1. The first kappa shape index (κ1) is 18.2. The van der Waals surface area contributed by atoms with E-state index in [0.717, 1.165) is 21.7 Å². The van der Waals surface area contributed by atoms with Crippen LogP contribution in [0, 0.1) is 0 Å². The molecule has 3 atom stereocenters. The first-order chi connectivity index (χ1) is 12.5. The lowest BCUT2D eigenvalue weighted by molar-refractivity contribution is 0.170. The number of nitrogens with zero attached hydrogens (tertiary/aromatic N) is 1. The molecule has 0 bridgehead atoms. The van der Waals surface area contributed by atoms with Gasteiger partial charge in [0.25, 0.3) is 0 Å². The van der Waals surface area contributed by atoms with Crippen molar-refractivity contribution in [1.29, 1.82) is 0 Å². The lowest BCUT2D eigenvalue weighted by Crippen LogP contribution is -2.40. The topological polar surface area (TPSA) is 71.2 Å². The van der Waals surface area contributed by atoms with Crippen molar-refractivity contribution < 1.29 is 5.11 Å². The standard InChI is InChI=1S/C18H17Cl2N3OS2/c19-13-7-11(22-8-9-3-2-6-25-9)18-16(23-13)14(20)17(26-18)10-4-1-5-12(24)15(10)21/h1-3,5-7,10,12,15,24H,4,8,21H2,(H,22,23). The number of allylic oxidation sites excluding steroid dienone is 1. The Labute approximate surface area is 169 Å². The van der Waals surface area contributed by atoms with Crippen LogP contribution in [0.5, 0.6) is 0 Å². The van der Waals surface area contributed by atoms with E-state index in [2.05, 4.69) is 21.7 Å². The second-order valence-electron chi connectivity index (χ2n) is 6.22. The second-order valence-corrected chi connectivity index (χ2v) is 9.07. The third kappa shape index (κ3) is 3.38. The number of nitrogens with two attached hydrogens (primary N) is 1. The number of pyridine rings is 1. The first-order valence-corrected chi connectivity index (χ1v) is 10.6. The van der Waals surface area contributed by atoms with Crippen LogP contribution in [0.15, 0.2) is 35.7 Å². The lowest BCUT2D eigenvalue weighted by Gasteiger charge is -2.28. The third-order valence-corrected chi connectivity index (χ3v) is 7.44. The van der Waals surface area contributed by atoms with Gasteiger partial charge in [-0.1, -0.05) is 41.4 Å². The minimum Gasteiger partial charge on any atom is -0.387 e. The Morgan fingerprint density at radius 1 is 1.38 bits per heavy atom. The number of nitrogens with one attached hydrogen (secondary N) is 1. The van der Waals surface area contributed by atoms with Gasteiger partial charge < -0.3 is 16.2 Å². The van der Waals surface area contributed by atoms with Crippen LogP contribution in [-0.2, 0) is 6.54 Å². The summed E-state index contributed by atoms with van der Waals surface area (Å²) in [6, 6.07) is 5.55. The Hall–Kier alpha value is -1.15. The maximum Gasteiger partial charge on any atom is 0.131 e. The maximum atomic E-state index is 10.1. The highest BCUT2D eigenvalue weighted by Gasteiger charge is 2.31. The molecule has 0 spiro atoms. The van der Waals surface area contributed by atoms with Crippen LogP contribution in [0.3, 0.4) is 0 Å². The molecule has 3 heterocycles. The minimum absolute atomic E-state index is 0.0365. The van der Waals surface area contributed by atoms with Crippen molar-refractivity contribution >= 4 is 61.8 Å². The van der Waals surface area contributed by atoms with Crippen molar-refractivity contribution in [3.8, 4) is 0 Å². The van der Waals surface area contributed by atoms with E-state index in [0.29, 0.717) is 22.2 Å². The molecule has 4 N–H and O–H groups in total. The first-order valence-electron chi connectivity index (χ1n) is 8.19. The number of hydrogen-bond donors (Lipinski definition) is 3. The van der Waals surface area contributed by atoms with Gasteiger partial charge in [0.05, 0.1) is 21.5 Å². The average molecular weight is 426 g/mol. The number of thiophene rings is 2. The van der Waals surface area contributed by atoms with Crippen LogP contribution in [-0.4, -0.2) is 22.2 Å². The molecule has 0 radical (unpaired) electrons. The molecule has 0 amide bonds. The van der Waals surface area contributed by atoms with Crippen LogP contribution in [0.1, 0.15) is 22.1 Å². The Balaban J connectivity index is 1.73. The summed E-state index contributed by atoms with van der Waals surface area (Å²) in [5, 5.41) is 16.5. The molecule has 0 saturated carbocycles.